The largest absolute Gasteiger partial charge is 0.491 e. The van der Waals surface area contributed by atoms with Gasteiger partial charge in [-0.1, -0.05) is 19.4 Å². The van der Waals surface area contributed by atoms with Gasteiger partial charge in [0.05, 0.1) is 12.7 Å². The maximum Gasteiger partial charge on any atom is 0.165 e. The van der Waals surface area contributed by atoms with Crippen LogP contribution in [0.15, 0.2) is 18.2 Å². The third-order valence-electron chi connectivity index (χ3n) is 2.19. The average molecular weight is 212 g/mol. The monoisotopic (exact) mass is 212 g/mol. The quantitative estimate of drug-likeness (QED) is 0.760. The molecule has 0 aromatic heterocycles. The lowest BCUT2D eigenvalue weighted by Crippen LogP contribution is -2.00. The third kappa shape index (κ3) is 3.51. The highest BCUT2D eigenvalue weighted by Crippen LogP contribution is 2.22. The molecule has 1 N–H and O–H groups in total. The molecule has 0 heterocycles. The molecule has 0 unspecified atom stereocenters. The van der Waals surface area contributed by atoms with Crippen LogP contribution in [0.3, 0.4) is 0 Å². The van der Waals surface area contributed by atoms with Crippen molar-refractivity contribution in [2.45, 2.75) is 32.8 Å². The van der Waals surface area contributed by atoms with E-state index in [1.54, 1.807) is 19.1 Å². The van der Waals surface area contributed by atoms with Gasteiger partial charge in [-0.2, -0.15) is 0 Å². The van der Waals surface area contributed by atoms with E-state index in [0.29, 0.717) is 12.2 Å². The van der Waals surface area contributed by atoms with Crippen LogP contribution in [0.1, 0.15) is 38.4 Å². The molecule has 2 nitrogen and oxygen atoms in total. The van der Waals surface area contributed by atoms with Crippen molar-refractivity contribution in [3.63, 3.8) is 0 Å². The number of hydrogen-bond donors (Lipinski definition) is 1. The molecule has 0 aliphatic heterocycles. The van der Waals surface area contributed by atoms with E-state index in [9.17, 15) is 9.50 Å². The Morgan fingerprint density at radius 1 is 1.47 bits per heavy atom. The van der Waals surface area contributed by atoms with Crippen LogP contribution < -0.4 is 4.74 Å². The molecule has 1 aromatic rings. The normalized spacial score (nSPS) is 12.5. The van der Waals surface area contributed by atoms with Crippen molar-refractivity contribution in [1.29, 1.82) is 0 Å². The Morgan fingerprint density at radius 2 is 2.20 bits per heavy atom. The van der Waals surface area contributed by atoms with Gasteiger partial charge in [-0.3, -0.25) is 0 Å². The van der Waals surface area contributed by atoms with Crippen LogP contribution >= 0.6 is 0 Å². The first-order valence-electron chi connectivity index (χ1n) is 5.25. The summed E-state index contributed by atoms with van der Waals surface area (Å²) in [6, 6.07) is 4.55. The fourth-order valence-electron chi connectivity index (χ4n) is 1.22. The summed E-state index contributed by atoms with van der Waals surface area (Å²) in [6.45, 7) is 4.18. The number of halogens is 1. The maximum atomic E-state index is 13.4. The summed E-state index contributed by atoms with van der Waals surface area (Å²) in [6.07, 6.45) is 1.29. The van der Waals surface area contributed by atoms with Gasteiger partial charge in [-0.15, -0.1) is 0 Å². The number of unbranched alkanes of at least 4 members (excludes halogenated alkanes) is 1. The number of aliphatic hydroxyl groups is 1. The fourth-order valence-corrected chi connectivity index (χ4v) is 1.22. The highest BCUT2D eigenvalue weighted by Gasteiger charge is 2.07. The van der Waals surface area contributed by atoms with E-state index >= 15 is 0 Å². The summed E-state index contributed by atoms with van der Waals surface area (Å²) in [5.74, 6) is -0.155. The zero-order valence-electron chi connectivity index (χ0n) is 9.16. The van der Waals surface area contributed by atoms with Crippen LogP contribution in [-0.4, -0.2) is 11.7 Å². The second-order valence-corrected chi connectivity index (χ2v) is 3.57. The summed E-state index contributed by atoms with van der Waals surface area (Å²) < 4.78 is 18.7. The van der Waals surface area contributed by atoms with Gasteiger partial charge >= 0.3 is 0 Å². The van der Waals surface area contributed by atoms with Crippen LogP contribution in [0.25, 0.3) is 0 Å². The molecule has 1 atom stereocenters. The number of aliphatic hydroxyl groups excluding tert-OH is 1. The zero-order chi connectivity index (χ0) is 11.3. The molecule has 1 aromatic carbocycles. The molecule has 84 valence electrons. The van der Waals surface area contributed by atoms with E-state index in [1.165, 1.54) is 6.07 Å². The molecule has 3 heteroatoms. The minimum absolute atomic E-state index is 0.257. The summed E-state index contributed by atoms with van der Waals surface area (Å²) in [5.41, 5.74) is 0.565. The van der Waals surface area contributed by atoms with Crippen molar-refractivity contribution in [2.24, 2.45) is 0 Å². The van der Waals surface area contributed by atoms with E-state index in [4.69, 9.17) is 4.74 Å². The summed E-state index contributed by atoms with van der Waals surface area (Å²) in [7, 11) is 0. The summed E-state index contributed by atoms with van der Waals surface area (Å²) >= 11 is 0. The third-order valence-corrected chi connectivity index (χ3v) is 2.19. The van der Waals surface area contributed by atoms with Crippen LogP contribution in [0, 0.1) is 5.82 Å². The summed E-state index contributed by atoms with van der Waals surface area (Å²) in [5, 5.41) is 9.25. The molecule has 0 bridgehead atoms. The number of hydrogen-bond acceptors (Lipinski definition) is 2. The first kappa shape index (κ1) is 12.0. The molecule has 0 saturated heterocycles. The minimum atomic E-state index is -0.649. The zero-order valence-corrected chi connectivity index (χ0v) is 9.16. The van der Waals surface area contributed by atoms with Crippen LogP contribution in [-0.2, 0) is 0 Å². The first-order valence-corrected chi connectivity index (χ1v) is 5.25. The van der Waals surface area contributed by atoms with Crippen molar-refractivity contribution in [3.8, 4) is 5.75 Å². The van der Waals surface area contributed by atoms with Crippen molar-refractivity contribution >= 4 is 0 Å². The smallest absolute Gasteiger partial charge is 0.165 e. The number of benzene rings is 1. The van der Waals surface area contributed by atoms with Crippen molar-refractivity contribution in [2.75, 3.05) is 6.61 Å². The van der Waals surface area contributed by atoms with Crippen LogP contribution in [0.2, 0.25) is 0 Å². The van der Waals surface area contributed by atoms with Gasteiger partial charge in [-0.25, -0.2) is 4.39 Å². The first-order chi connectivity index (χ1) is 7.15. The number of rotatable bonds is 5. The fraction of sp³-hybridized carbons (Fsp3) is 0.500. The van der Waals surface area contributed by atoms with Crippen LogP contribution in [0.5, 0.6) is 5.75 Å². The number of ether oxygens (including phenoxy) is 1. The SMILES string of the molecule is CCCCOc1ccc([C@H](C)O)cc1F. The maximum absolute atomic E-state index is 13.4. The Bertz CT molecular complexity index is 310. The second kappa shape index (κ2) is 5.71. The van der Waals surface area contributed by atoms with E-state index in [2.05, 4.69) is 6.92 Å². The highest BCUT2D eigenvalue weighted by atomic mass is 19.1. The van der Waals surface area contributed by atoms with Gasteiger partial charge in [0.15, 0.2) is 11.6 Å². The van der Waals surface area contributed by atoms with Crippen molar-refractivity contribution in [3.05, 3.63) is 29.6 Å². The Kier molecular flexibility index (Phi) is 4.56. The van der Waals surface area contributed by atoms with Gasteiger partial charge < -0.3 is 9.84 Å². The van der Waals surface area contributed by atoms with Gasteiger partial charge in [0, 0.05) is 0 Å². The Balaban J connectivity index is 2.66. The van der Waals surface area contributed by atoms with Crippen molar-refractivity contribution < 1.29 is 14.2 Å². The molecule has 0 aliphatic carbocycles. The van der Waals surface area contributed by atoms with E-state index in [-0.39, 0.29) is 5.75 Å². The molecular formula is C12H17FO2. The molecule has 0 radical (unpaired) electrons. The van der Waals surface area contributed by atoms with Crippen molar-refractivity contribution in [1.82, 2.24) is 0 Å². The summed E-state index contributed by atoms with van der Waals surface area (Å²) in [4.78, 5) is 0. The van der Waals surface area contributed by atoms with Gasteiger partial charge in [0.1, 0.15) is 0 Å². The second-order valence-electron chi connectivity index (χ2n) is 3.57. The van der Waals surface area contributed by atoms with Gasteiger partial charge in [0.2, 0.25) is 0 Å². The topological polar surface area (TPSA) is 29.5 Å². The highest BCUT2D eigenvalue weighted by molar-refractivity contribution is 5.30. The predicted molar refractivity (Wildman–Crippen MR) is 57.4 cm³/mol. The predicted octanol–water partition coefficient (Wildman–Crippen LogP) is 3.06. The molecule has 0 amide bonds. The Labute approximate surface area is 89.7 Å². The molecular weight excluding hydrogens is 195 g/mol. The molecule has 0 saturated carbocycles. The van der Waals surface area contributed by atoms with E-state index < -0.39 is 11.9 Å². The average Bonchev–Trinajstić information content (AvgIpc) is 2.20. The minimum Gasteiger partial charge on any atom is -0.491 e. The lowest BCUT2D eigenvalue weighted by atomic mass is 10.1. The molecule has 1 rings (SSSR count). The van der Waals surface area contributed by atoms with E-state index in [1.807, 2.05) is 0 Å². The van der Waals surface area contributed by atoms with Crippen LogP contribution in [0.4, 0.5) is 4.39 Å². The molecule has 0 fully saturated rings. The Morgan fingerprint density at radius 3 is 2.73 bits per heavy atom. The molecule has 0 aliphatic rings. The lowest BCUT2D eigenvalue weighted by molar-refractivity contribution is 0.198. The lowest BCUT2D eigenvalue weighted by Gasteiger charge is -2.09. The van der Waals surface area contributed by atoms with Gasteiger partial charge in [0.25, 0.3) is 0 Å². The van der Waals surface area contributed by atoms with Gasteiger partial charge in [-0.05, 0) is 31.0 Å². The Hall–Kier alpha value is -1.09. The molecule has 0 spiro atoms. The molecule has 15 heavy (non-hydrogen) atoms. The standard InChI is InChI=1S/C12H17FO2/c1-3-4-7-15-12-6-5-10(9(2)14)8-11(12)13/h5-6,8-9,14H,3-4,7H2,1-2H3/t9-/m0/s1. The van der Waals surface area contributed by atoms with E-state index in [0.717, 1.165) is 12.8 Å².